The van der Waals surface area contributed by atoms with Crippen LogP contribution in [-0.2, 0) is 25.3 Å². The molecule has 0 radical (unpaired) electrons. The maximum Gasteiger partial charge on any atom is 0.422 e. The summed E-state index contributed by atoms with van der Waals surface area (Å²) in [4.78, 5) is 15.1. The highest BCUT2D eigenvalue weighted by Gasteiger charge is 2.51. The quantitative estimate of drug-likeness (QED) is 0.518. The number of anilines is 1. The van der Waals surface area contributed by atoms with Crippen molar-refractivity contribution >= 4 is 22.6 Å². The van der Waals surface area contributed by atoms with Gasteiger partial charge in [0, 0.05) is 45.1 Å². The molecule has 7 nitrogen and oxygen atoms in total. The lowest BCUT2D eigenvalue weighted by atomic mass is 9.99. The first kappa shape index (κ1) is 29.4. The van der Waals surface area contributed by atoms with Crippen molar-refractivity contribution in [3.8, 4) is 5.75 Å². The van der Waals surface area contributed by atoms with Crippen LogP contribution in [0.3, 0.4) is 0 Å². The third-order valence-corrected chi connectivity index (χ3v) is 7.56. The van der Waals surface area contributed by atoms with Gasteiger partial charge in [0.05, 0.1) is 0 Å². The van der Waals surface area contributed by atoms with E-state index in [1.807, 2.05) is 18.2 Å². The Morgan fingerprint density at radius 1 is 1.03 bits per heavy atom. The number of carbonyl (C=O) groups is 1. The predicted octanol–water partition coefficient (Wildman–Crippen LogP) is 4.33. The van der Waals surface area contributed by atoms with Crippen LogP contribution in [0.2, 0.25) is 0 Å². The van der Waals surface area contributed by atoms with Crippen LogP contribution in [0.4, 0.5) is 18.9 Å². The molecule has 0 aliphatic carbocycles. The van der Waals surface area contributed by atoms with E-state index >= 15 is 0 Å². The van der Waals surface area contributed by atoms with Crippen molar-refractivity contribution in [3.63, 3.8) is 0 Å². The summed E-state index contributed by atoms with van der Waals surface area (Å²) in [6, 6.07) is 6.42. The molecule has 0 spiro atoms. The number of halogens is 3. The molecule has 2 saturated heterocycles. The second-order valence-electron chi connectivity index (χ2n) is 9.17. The molecule has 1 aromatic carbocycles. The van der Waals surface area contributed by atoms with Gasteiger partial charge in [-0.25, -0.2) is 8.51 Å². The lowest BCUT2D eigenvalue weighted by molar-refractivity contribution is -0.161. The van der Waals surface area contributed by atoms with E-state index in [9.17, 15) is 22.2 Å². The zero-order valence-electron chi connectivity index (χ0n) is 21.2. The van der Waals surface area contributed by atoms with Gasteiger partial charge in [0.2, 0.25) is 0 Å². The molecular formula is C24H37F3N2O5S. The van der Waals surface area contributed by atoms with E-state index in [4.69, 9.17) is 14.2 Å². The molecule has 2 aliphatic rings. The van der Waals surface area contributed by atoms with Crippen molar-refractivity contribution in [2.45, 2.75) is 64.0 Å². The van der Waals surface area contributed by atoms with Gasteiger partial charge in [-0.3, -0.25) is 4.79 Å². The molecule has 1 atom stereocenters. The molecule has 3 rings (SSSR count). The van der Waals surface area contributed by atoms with Gasteiger partial charge in [0.15, 0.2) is 11.4 Å². The molecule has 200 valence electrons. The zero-order valence-corrected chi connectivity index (χ0v) is 22.0. The largest absolute Gasteiger partial charge is 0.484 e. The molecule has 0 aromatic heterocycles. The minimum Gasteiger partial charge on any atom is -0.484 e. The van der Waals surface area contributed by atoms with Crippen LogP contribution in [0.15, 0.2) is 24.3 Å². The summed E-state index contributed by atoms with van der Waals surface area (Å²) in [7, 11) is -1.58. The second-order valence-corrected chi connectivity index (χ2v) is 11.0. The molecule has 0 amide bonds. The van der Waals surface area contributed by atoms with E-state index in [2.05, 4.69) is 4.90 Å². The standard InChI is InChI=1S/C22H31F3N2O5S.C2H6/c1-20(2,3)32-19(28)21(8-14-30-15-9-21)33(29)27-12-10-26(11-13-27)17-4-6-18(7-5-17)31-16-22(23,24)25;1-2/h4-7H,8-16H2,1-3H3;1-2H3. The third-order valence-electron chi connectivity index (χ3n) is 5.48. The van der Waals surface area contributed by atoms with Crippen molar-refractivity contribution in [2.24, 2.45) is 0 Å². The third kappa shape index (κ3) is 8.35. The molecular weight excluding hydrogens is 485 g/mol. The van der Waals surface area contributed by atoms with E-state index in [0.717, 1.165) is 5.69 Å². The monoisotopic (exact) mass is 522 g/mol. The Balaban J connectivity index is 0.00000210. The van der Waals surface area contributed by atoms with Crippen LogP contribution in [0.1, 0.15) is 47.5 Å². The first-order chi connectivity index (χ1) is 16.4. The van der Waals surface area contributed by atoms with Crippen LogP contribution >= 0.6 is 0 Å². The fourth-order valence-electron chi connectivity index (χ4n) is 3.80. The van der Waals surface area contributed by atoms with Gasteiger partial charge >= 0.3 is 12.1 Å². The summed E-state index contributed by atoms with van der Waals surface area (Å²) in [6.07, 6.45) is -3.70. The number of rotatable bonds is 6. The van der Waals surface area contributed by atoms with Crippen molar-refractivity contribution in [2.75, 3.05) is 50.9 Å². The van der Waals surface area contributed by atoms with Crippen LogP contribution in [0, 0.1) is 0 Å². The lowest BCUT2D eigenvalue weighted by Crippen LogP contribution is -2.58. The van der Waals surface area contributed by atoms with E-state index in [-0.39, 0.29) is 5.75 Å². The van der Waals surface area contributed by atoms with Crippen LogP contribution in [-0.4, -0.2) is 77.0 Å². The van der Waals surface area contributed by atoms with Crippen LogP contribution < -0.4 is 9.64 Å². The SMILES string of the molecule is CC.CC(C)(C)OC(=O)C1(S(=O)N2CCN(c3ccc(OCC(F)(F)F)cc3)CC2)CCOCC1. The normalized spacial score (nSPS) is 19.8. The van der Waals surface area contributed by atoms with Gasteiger partial charge in [-0.2, -0.15) is 13.2 Å². The van der Waals surface area contributed by atoms with Crippen LogP contribution in [0.25, 0.3) is 0 Å². The Hall–Kier alpha value is -1.85. The van der Waals surface area contributed by atoms with Gasteiger partial charge < -0.3 is 19.1 Å². The Labute approximate surface area is 208 Å². The zero-order chi connectivity index (χ0) is 26.3. The number of alkyl halides is 3. The molecule has 35 heavy (non-hydrogen) atoms. The number of benzene rings is 1. The van der Waals surface area contributed by atoms with E-state index < -0.39 is 40.1 Å². The summed E-state index contributed by atoms with van der Waals surface area (Å²) in [6.45, 7) is 10.8. The number of esters is 1. The van der Waals surface area contributed by atoms with E-state index in [1.165, 1.54) is 12.1 Å². The van der Waals surface area contributed by atoms with Gasteiger partial charge in [-0.15, -0.1) is 0 Å². The maximum absolute atomic E-state index is 13.6. The molecule has 0 saturated carbocycles. The Bertz CT molecular complexity index is 829. The summed E-state index contributed by atoms with van der Waals surface area (Å²) in [5.41, 5.74) is 0.161. The topological polar surface area (TPSA) is 68.3 Å². The molecule has 1 aromatic rings. The summed E-state index contributed by atoms with van der Waals surface area (Å²) in [5, 5.41) is 0. The smallest absolute Gasteiger partial charge is 0.422 e. The molecule has 2 heterocycles. The number of nitrogens with zero attached hydrogens (tertiary/aromatic N) is 2. The minimum atomic E-state index is -4.38. The maximum atomic E-state index is 13.6. The molecule has 2 fully saturated rings. The van der Waals surface area contributed by atoms with Crippen molar-refractivity contribution in [1.29, 1.82) is 0 Å². The highest BCUT2D eigenvalue weighted by atomic mass is 32.2. The number of piperazine rings is 1. The van der Waals surface area contributed by atoms with Crippen molar-refractivity contribution in [3.05, 3.63) is 24.3 Å². The average molecular weight is 523 g/mol. The number of ether oxygens (including phenoxy) is 3. The van der Waals surface area contributed by atoms with Gasteiger partial charge in [-0.1, -0.05) is 13.8 Å². The van der Waals surface area contributed by atoms with Gasteiger partial charge in [0.25, 0.3) is 0 Å². The average Bonchev–Trinajstić information content (AvgIpc) is 2.83. The number of carbonyl (C=O) groups excluding carboxylic acids is 1. The number of hydrogen-bond acceptors (Lipinski definition) is 6. The summed E-state index contributed by atoms with van der Waals surface area (Å²) in [5.74, 6) is -0.303. The highest BCUT2D eigenvalue weighted by Crippen LogP contribution is 2.33. The summed E-state index contributed by atoms with van der Waals surface area (Å²) >= 11 is 0. The Morgan fingerprint density at radius 3 is 2.06 bits per heavy atom. The fraction of sp³-hybridized carbons (Fsp3) is 0.708. The van der Waals surface area contributed by atoms with Crippen molar-refractivity contribution in [1.82, 2.24) is 4.31 Å². The molecule has 0 N–H and O–H groups in total. The van der Waals surface area contributed by atoms with Crippen molar-refractivity contribution < 1.29 is 36.4 Å². The van der Waals surface area contributed by atoms with E-state index in [0.29, 0.717) is 52.2 Å². The molecule has 0 bridgehead atoms. The minimum absolute atomic E-state index is 0.148. The predicted molar refractivity (Wildman–Crippen MR) is 130 cm³/mol. The van der Waals surface area contributed by atoms with Gasteiger partial charge in [-0.05, 0) is 57.9 Å². The van der Waals surface area contributed by atoms with Crippen LogP contribution in [0.5, 0.6) is 5.75 Å². The fourth-order valence-corrected chi connectivity index (χ4v) is 5.49. The lowest BCUT2D eigenvalue weighted by Gasteiger charge is -2.42. The summed E-state index contributed by atoms with van der Waals surface area (Å²) < 4.78 is 67.0. The van der Waals surface area contributed by atoms with E-state index in [1.54, 1.807) is 32.9 Å². The van der Waals surface area contributed by atoms with Gasteiger partial charge in [0.1, 0.15) is 22.3 Å². The first-order valence-corrected chi connectivity index (χ1v) is 13.0. The molecule has 1 unspecified atom stereocenters. The second kappa shape index (κ2) is 12.4. The Kier molecular flexibility index (Phi) is 10.4. The molecule has 11 heteroatoms. The molecule has 2 aliphatic heterocycles. The Morgan fingerprint density at radius 2 is 1.57 bits per heavy atom. The highest BCUT2D eigenvalue weighted by molar-refractivity contribution is 7.85. The number of hydrogen-bond donors (Lipinski definition) is 0. The first-order valence-electron chi connectivity index (χ1n) is 11.9.